The summed E-state index contributed by atoms with van der Waals surface area (Å²) in [5.74, 6) is -16.7. The van der Waals surface area contributed by atoms with E-state index >= 15 is 0 Å². The van der Waals surface area contributed by atoms with Crippen molar-refractivity contribution in [2.75, 3.05) is 0 Å². The summed E-state index contributed by atoms with van der Waals surface area (Å²) in [4.78, 5) is 22.0. The second kappa shape index (κ2) is 6.23. The fraction of sp³-hybridized carbons (Fsp3) is 0.700. The van der Waals surface area contributed by atoms with Crippen LogP contribution < -0.4 is 29.6 Å². The molecule has 0 aromatic heterocycles. The minimum absolute atomic E-state index is 0. The number of rotatable bonds is 4. The summed E-state index contributed by atoms with van der Waals surface area (Å²) in [6.45, 7) is 3.54. The van der Waals surface area contributed by atoms with Gasteiger partial charge in [-0.1, -0.05) is 20.8 Å². The number of hydrogen-bond acceptors (Lipinski definition) is 2. The predicted octanol–water partition coefficient (Wildman–Crippen LogP) is 0.212. The van der Waals surface area contributed by atoms with Crippen molar-refractivity contribution in [3.8, 4) is 0 Å². The molecule has 0 atom stereocenters. The van der Waals surface area contributed by atoms with Gasteiger partial charge in [-0.2, -0.15) is 30.7 Å². The average Bonchev–Trinajstić information content (AvgIpc) is 2.13. The smallest absolute Gasteiger partial charge is 0.333 e. The molecule has 0 aromatic rings. The van der Waals surface area contributed by atoms with Gasteiger partial charge in [0.1, 0.15) is 0 Å². The van der Waals surface area contributed by atoms with Crippen molar-refractivity contribution in [1.29, 1.82) is 0 Å². The van der Waals surface area contributed by atoms with Gasteiger partial charge in [0.15, 0.2) is 0 Å². The first-order valence-corrected chi connectivity index (χ1v) is 4.81. The Bertz CT molecular complexity index is 382. The van der Waals surface area contributed by atoms with Crippen LogP contribution in [0.2, 0.25) is 0 Å². The zero-order valence-corrected chi connectivity index (χ0v) is 13.0. The van der Waals surface area contributed by atoms with Gasteiger partial charge in [0.2, 0.25) is 0 Å². The summed E-state index contributed by atoms with van der Waals surface area (Å²) in [5, 5.41) is 0. The van der Waals surface area contributed by atoms with Gasteiger partial charge in [-0.25, -0.2) is 0 Å². The van der Waals surface area contributed by atoms with Gasteiger partial charge in [-0.15, -0.1) is 0 Å². The van der Waals surface area contributed by atoms with Crippen LogP contribution in [-0.2, 0) is 9.59 Å². The van der Waals surface area contributed by atoms with Gasteiger partial charge < -0.3 is 9.59 Å². The quantitative estimate of drug-likeness (QED) is 0.321. The molecule has 0 radical (unpaired) electrons. The first-order valence-electron chi connectivity index (χ1n) is 4.81. The van der Waals surface area contributed by atoms with Gasteiger partial charge in [-0.3, -0.25) is 6.42 Å². The van der Waals surface area contributed by atoms with Crippen LogP contribution in [0.4, 0.5) is 30.7 Å². The topological polar surface area (TPSA) is 34.1 Å². The van der Waals surface area contributed by atoms with Crippen molar-refractivity contribution < 1.29 is 69.9 Å². The number of carbonyl (C=O) groups is 2. The molecular formula is C10H10F7NaO2. The van der Waals surface area contributed by atoms with Crippen LogP contribution in [0.25, 0.3) is 0 Å². The minimum Gasteiger partial charge on any atom is -0.333 e. The normalized spacial score (nSPS) is 13.5. The molecule has 112 valence electrons. The molecule has 0 unspecified atom stereocenters. The fourth-order valence-corrected chi connectivity index (χ4v) is 0.759. The zero-order chi connectivity index (χ0) is 15.9. The van der Waals surface area contributed by atoms with Gasteiger partial charge in [0.05, 0.1) is 5.78 Å². The number of hydrogen-bond donors (Lipinski definition) is 0. The third kappa shape index (κ3) is 4.36. The number of ketones is 2. The zero-order valence-electron chi connectivity index (χ0n) is 11.0. The molecule has 2 nitrogen and oxygen atoms in total. The molecule has 0 saturated carbocycles. The van der Waals surface area contributed by atoms with Crippen LogP contribution >= 0.6 is 0 Å². The maximum absolute atomic E-state index is 12.8. The second-order valence-corrected chi connectivity index (χ2v) is 4.77. The summed E-state index contributed by atoms with van der Waals surface area (Å²) >= 11 is 0. The van der Waals surface area contributed by atoms with Crippen molar-refractivity contribution in [1.82, 2.24) is 0 Å². The number of carbonyl (C=O) groups excluding carboxylic acids is 2. The number of alkyl halides is 7. The third-order valence-electron chi connectivity index (χ3n) is 2.06. The van der Waals surface area contributed by atoms with E-state index in [1.165, 1.54) is 20.8 Å². The Morgan fingerprint density at radius 1 is 0.800 bits per heavy atom. The summed E-state index contributed by atoms with van der Waals surface area (Å²) in [6.07, 6.45) is -7.04. The molecular weight excluding hydrogens is 308 g/mol. The monoisotopic (exact) mass is 318 g/mol. The van der Waals surface area contributed by atoms with Crippen LogP contribution in [0, 0.1) is 11.8 Å². The van der Waals surface area contributed by atoms with E-state index in [2.05, 4.69) is 0 Å². The SMILES string of the molecule is CC(C)(C)C(=O)[CH-]C(=O)C(F)(F)C(F)(F)C(F)(F)F.[Na+]. The van der Waals surface area contributed by atoms with Crippen LogP contribution in [-0.4, -0.2) is 29.6 Å². The third-order valence-corrected chi connectivity index (χ3v) is 2.06. The molecule has 0 fully saturated rings. The molecule has 0 amide bonds. The molecule has 10 heteroatoms. The maximum Gasteiger partial charge on any atom is 1.00 e. The van der Waals surface area contributed by atoms with Crippen LogP contribution in [0.3, 0.4) is 0 Å². The summed E-state index contributed by atoms with van der Waals surface area (Å²) in [5.41, 5.74) is -1.36. The van der Waals surface area contributed by atoms with Crippen molar-refractivity contribution >= 4 is 11.6 Å². The predicted molar refractivity (Wildman–Crippen MR) is 49.7 cm³/mol. The van der Waals surface area contributed by atoms with Crippen molar-refractivity contribution in [3.63, 3.8) is 0 Å². The minimum atomic E-state index is -6.61. The Hall–Kier alpha value is -0.280. The summed E-state index contributed by atoms with van der Waals surface area (Å²) in [6, 6.07) is 0. The fourth-order valence-electron chi connectivity index (χ4n) is 0.759. The largest absolute Gasteiger partial charge is 1.00 e. The second-order valence-electron chi connectivity index (χ2n) is 4.77. The molecule has 20 heavy (non-hydrogen) atoms. The van der Waals surface area contributed by atoms with Crippen molar-refractivity contribution in [2.24, 2.45) is 5.41 Å². The molecule has 0 N–H and O–H groups in total. The molecule has 0 aliphatic rings. The maximum atomic E-state index is 12.8. The molecule has 0 aliphatic heterocycles. The van der Waals surface area contributed by atoms with Crippen LogP contribution in [0.1, 0.15) is 20.8 Å². The van der Waals surface area contributed by atoms with Crippen molar-refractivity contribution in [2.45, 2.75) is 38.8 Å². The van der Waals surface area contributed by atoms with Crippen LogP contribution in [0.5, 0.6) is 0 Å². The molecule has 0 heterocycles. The van der Waals surface area contributed by atoms with Crippen LogP contribution in [0.15, 0.2) is 0 Å². The number of halogens is 7. The van der Waals surface area contributed by atoms with E-state index in [1.54, 1.807) is 0 Å². The first kappa shape index (κ1) is 22.0. The molecule has 0 saturated heterocycles. The Morgan fingerprint density at radius 2 is 1.15 bits per heavy atom. The van der Waals surface area contributed by atoms with Gasteiger partial charge in [0.25, 0.3) is 0 Å². The van der Waals surface area contributed by atoms with E-state index in [0.717, 1.165) is 0 Å². The van der Waals surface area contributed by atoms with E-state index < -0.39 is 41.4 Å². The summed E-state index contributed by atoms with van der Waals surface area (Å²) < 4.78 is 86.0. The Labute approximate surface area is 132 Å². The average molecular weight is 318 g/mol. The van der Waals surface area contributed by atoms with E-state index in [4.69, 9.17) is 0 Å². The Kier molecular flexibility index (Phi) is 6.85. The summed E-state index contributed by atoms with van der Waals surface area (Å²) in [7, 11) is 0. The molecule has 0 rings (SSSR count). The van der Waals surface area contributed by atoms with Gasteiger partial charge >= 0.3 is 47.6 Å². The molecule has 0 aliphatic carbocycles. The first-order chi connectivity index (χ1) is 8.05. The molecule has 0 spiro atoms. The number of Topliss-reactive ketones (excluding diaryl/α,β-unsaturated/α-hetero) is 2. The van der Waals surface area contributed by atoms with Crippen molar-refractivity contribution in [3.05, 3.63) is 6.42 Å². The van der Waals surface area contributed by atoms with Gasteiger partial charge in [-0.05, 0) is 5.41 Å². The Morgan fingerprint density at radius 3 is 1.40 bits per heavy atom. The van der Waals surface area contributed by atoms with E-state index in [9.17, 15) is 40.3 Å². The molecule has 0 bridgehead atoms. The standard InChI is InChI=1S/C10H10F7O2.Na/c1-7(2,3)5(18)4-6(19)8(11,12)9(13,14)10(15,16)17;/h4H,1-3H3;/q-1;+1. The van der Waals surface area contributed by atoms with E-state index in [-0.39, 0.29) is 29.6 Å². The van der Waals surface area contributed by atoms with E-state index in [1.807, 2.05) is 0 Å². The molecule has 0 aromatic carbocycles. The van der Waals surface area contributed by atoms with Gasteiger partial charge in [0, 0.05) is 5.78 Å². The Balaban J connectivity index is 0. The van der Waals surface area contributed by atoms with E-state index in [0.29, 0.717) is 0 Å².